The predicted molar refractivity (Wildman–Crippen MR) is 77.1 cm³/mol. The zero-order valence-electron chi connectivity index (χ0n) is 12.5. The quantitative estimate of drug-likeness (QED) is 0.624. The maximum atomic E-state index is 5.03. The minimum absolute atomic E-state index is 0.749. The van der Waals surface area contributed by atoms with Gasteiger partial charge in [-0.15, -0.1) is 0 Å². The van der Waals surface area contributed by atoms with E-state index in [1.54, 1.807) is 7.11 Å². The van der Waals surface area contributed by atoms with Crippen LogP contribution in [0.15, 0.2) is 0 Å². The molecule has 4 nitrogen and oxygen atoms in total. The van der Waals surface area contributed by atoms with Crippen LogP contribution < -0.4 is 5.32 Å². The van der Waals surface area contributed by atoms with E-state index in [9.17, 15) is 0 Å². The van der Waals surface area contributed by atoms with E-state index in [0.717, 1.165) is 32.2 Å². The van der Waals surface area contributed by atoms with Crippen molar-refractivity contribution in [1.82, 2.24) is 15.1 Å². The molecular weight excluding hydrogens is 226 g/mol. The number of hydrogen-bond acceptors (Lipinski definition) is 4. The van der Waals surface area contributed by atoms with Crippen LogP contribution in [0.1, 0.15) is 26.7 Å². The van der Waals surface area contributed by atoms with Crippen molar-refractivity contribution in [2.45, 2.75) is 32.7 Å². The number of nitrogens with one attached hydrogen (secondary N) is 1. The van der Waals surface area contributed by atoms with Crippen LogP contribution in [0.4, 0.5) is 0 Å². The van der Waals surface area contributed by atoms with Crippen molar-refractivity contribution < 1.29 is 4.74 Å². The van der Waals surface area contributed by atoms with Gasteiger partial charge in [0.1, 0.15) is 0 Å². The third-order valence-electron chi connectivity index (χ3n) is 3.93. The molecule has 1 saturated heterocycles. The maximum absolute atomic E-state index is 5.03. The van der Waals surface area contributed by atoms with Crippen LogP contribution in [0.3, 0.4) is 0 Å². The summed E-state index contributed by atoms with van der Waals surface area (Å²) in [6.07, 6.45) is 2.37. The zero-order chi connectivity index (χ0) is 13.2. The molecule has 108 valence electrons. The molecule has 1 unspecified atom stereocenters. The number of hydrogen-bond donors (Lipinski definition) is 1. The van der Waals surface area contributed by atoms with Crippen LogP contribution in [-0.4, -0.2) is 75.4 Å². The summed E-state index contributed by atoms with van der Waals surface area (Å²) >= 11 is 0. The van der Waals surface area contributed by atoms with Gasteiger partial charge < -0.3 is 10.1 Å². The Morgan fingerprint density at radius 1 is 1.17 bits per heavy atom. The molecule has 0 aliphatic carbocycles. The van der Waals surface area contributed by atoms with Gasteiger partial charge in [0.25, 0.3) is 0 Å². The van der Waals surface area contributed by atoms with Gasteiger partial charge in [0.05, 0.1) is 0 Å². The van der Waals surface area contributed by atoms with E-state index in [-0.39, 0.29) is 0 Å². The van der Waals surface area contributed by atoms with Gasteiger partial charge in [0.2, 0.25) is 0 Å². The van der Waals surface area contributed by atoms with Crippen molar-refractivity contribution in [2.75, 3.05) is 59.5 Å². The number of nitrogens with zero attached hydrogens (tertiary/aromatic N) is 2. The molecule has 18 heavy (non-hydrogen) atoms. The summed E-state index contributed by atoms with van der Waals surface area (Å²) < 4.78 is 5.03. The Balaban J connectivity index is 1.98. The summed E-state index contributed by atoms with van der Waals surface area (Å²) in [6, 6.07) is 0.749. The second-order valence-electron chi connectivity index (χ2n) is 5.23. The van der Waals surface area contributed by atoms with Gasteiger partial charge in [-0.3, -0.25) is 9.80 Å². The van der Waals surface area contributed by atoms with Crippen molar-refractivity contribution in [3.63, 3.8) is 0 Å². The smallest absolute Gasteiger partial charge is 0.0474 e. The largest absolute Gasteiger partial charge is 0.385 e. The fraction of sp³-hybridized carbons (Fsp3) is 1.00. The van der Waals surface area contributed by atoms with Crippen molar-refractivity contribution in [2.24, 2.45) is 0 Å². The fourth-order valence-electron chi connectivity index (χ4n) is 2.39. The van der Waals surface area contributed by atoms with Gasteiger partial charge in [-0.25, -0.2) is 0 Å². The zero-order valence-corrected chi connectivity index (χ0v) is 12.5. The maximum Gasteiger partial charge on any atom is 0.0474 e. The molecule has 1 N–H and O–H groups in total. The van der Waals surface area contributed by atoms with Crippen LogP contribution >= 0.6 is 0 Å². The first kappa shape index (κ1) is 15.9. The second-order valence-corrected chi connectivity index (χ2v) is 5.23. The Labute approximate surface area is 113 Å². The highest BCUT2D eigenvalue weighted by molar-refractivity contribution is 4.75. The number of ether oxygens (including phenoxy) is 1. The van der Waals surface area contributed by atoms with E-state index in [4.69, 9.17) is 4.74 Å². The van der Waals surface area contributed by atoms with Gasteiger partial charge in [0, 0.05) is 59.0 Å². The summed E-state index contributed by atoms with van der Waals surface area (Å²) in [5.41, 5.74) is 0. The first-order valence-electron chi connectivity index (χ1n) is 7.44. The highest BCUT2D eigenvalue weighted by atomic mass is 16.5. The molecule has 1 fully saturated rings. The average Bonchev–Trinajstić information content (AvgIpc) is 2.42. The van der Waals surface area contributed by atoms with Gasteiger partial charge in [-0.05, 0) is 26.3 Å². The topological polar surface area (TPSA) is 27.7 Å². The Bertz CT molecular complexity index is 193. The minimum atomic E-state index is 0.749. The Morgan fingerprint density at radius 2 is 1.89 bits per heavy atom. The van der Waals surface area contributed by atoms with Crippen molar-refractivity contribution in [1.29, 1.82) is 0 Å². The molecule has 0 aromatic rings. The van der Waals surface area contributed by atoms with Crippen LogP contribution in [-0.2, 0) is 4.74 Å². The van der Waals surface area contributed by atoms with Gasteiger partial charge in [0.15, 0.2) is 0 Å². The van der Waals surface area contributed by atoms with Crippen LogP contribution in [0.25, 0.3) is 0 Å². The molecule has 1 aliphatic heterocycles. The Morgan fingerprint density at radius 3 is 2.50 bits per heavy atom. The van der Waals surface area contributed by atoms with Crippen molar-refractivity contribution >= 4 is 0 Å². The van der Waals surface area contributed by atoms with E-state index in [2.05, 4.69) is 29.0 Å². The first-order chi connectivity index (χ1) is 8.77. The van der Waals surface area contributed by atoms with E-state index in [1.807, 2.05) is 0 Å². The molecule has 0 aromatic heterocycles. The molecule has 0 amide bonds. The van der Waals surface area contributed by atoms with Crippen LogP contribution in [0, 0.1) is 0 Å². The minimum Gasteiger partial charge on any atom is -0.385 e. The lowest BCUT2D eigenvalue weighted by atomic mass is 10.2. The summed E-state index contributed by atoms with van der Waals surface area (Å²) in [5.74, 6) is 0. The Hall–Kier alpha value is -0.160. The monoisotopic (exact) mass is 257 g/mol. The lowest BCUT2D eigenvalue weighted by Crippen LogP contribution is -2.50. The molecule has 1 rings (SSSR count). The Kier molecular flexibility index (Phi) is 8.59. The van der Waals surface area contributed by atoms with Gasteiger partial charge >= 0.3 is 0 Å². The first-order valence-corrected chi connectivity index (χ1v) is 7.44. The molecule has 0 saturated carbocycles. The molecule has 1 atom stereocenters. The van der Waals surface area contributed by atoms with E-state index in [0.29, 0.717) is 0 Å². The summed E-state index contributed by atoms with van der Waals surface area (Å²) in [4.78, 5) is 5.19. The standard InChI is InChI=1S/C14H31N3O/c1-4-14(2)17-11-9-16(10-12-17)8-7-15-6-5-13-18-3/h14-15H,4-13H2,1-3H3. The SMILES string of the molecule is CCC(C)N1CCN(CCNCCCOC)CC1. The molecule has 1 heterocycles. The van der Waals surface area contributed by atoms with Crippen LogP contribution in [0.5, 0.6) is 0 Å². The van der Waals surface area contributed by atoms with Gasteiger partial charge in [-0.2, -0.15) is 0 Å². The molecule has 0 spiro atoms. The fourth-order valence-corrected chi connectivity index (χ4v) is 2.39. The third kappa shape index (κ3) is 6.14. The van der Waals surface area contributed by atoms with Crippen molar-refractivity contribution in [3.8, 4) is 0 Å². The van der Waals surface area contributed by atoms with Crippen LogP contribution in [0.2, 0.25) is 0 Å². The average molecular weight is 257 g/mol. The number of piperazine rings is 1. The number of rotatable bonds is 9. The van der Waals surface area contributed by atoms with Crippen molar-refractivity contribution in [3.05, 3.63) is 0 Å². The lowest BCUT2D eigenvalue weighted by Gasteiger charge is -2.37. The summed E-state index contributed by atoms with van der Waals surface area (Å²) in [5, 5.41) is 3.48. The molecule has 4 heteroatoms. The highest BCUT2D eigenvalue weighted by Crippen LogP contribution is 2.07. The highest BCUT2D eigenvalue weighted by Gasteiger charge is 2.19. The van der Waals surface area contributed by atoms with E-state index >= 15 is 0 Å². The normalized spacial score (nSPS) is 20.2. The predicted octanol–water partition coefficient (Wildman–Crippen LogP) is 1.03. The number of methoxy groups -OCH3 is 1. The van der Waals surface area contributed by atoms with Gasteiger partial charge in [-0.1, -0.05) is 6.92 Å². The molecular formula is C14H31N3O. The lowest BCUT2D eigenvalue weighted by molar-refractivity contribution is 0.101. The van der Waals surface area contributed by atoms with E-state index < -0.39 is 0 Å². The molecule has 0 radical (unpaired) electrons. The van der Waals surface area contributed by atoms with E-state index in [1.165, 1.54) is 39.1 Å². The molecule has 1 aliphatic rings. The third-order valence-corrected chi connectivity index (χ3v) is 3.93. The second kappa shape index (κ2) is 9.73. The summed E-state index contributed by atoms with van der Waals surface area (Å²) in [7, 11) is 1.76. The molecule has 0 bridgehead atoms. The summed E-state index contributed by atoms with van der Waals surface area (Å²) in [6.45, 7) is 13.8. The molecule has 0 aromatic carbocycles.